The van der Waals surface area contributed by atoms with E-state index in [1.165, 1.54) is 4.68 Å². The molecule has 3 aromatic rings. The van der Waals surface area contributed by atoms with Gasteiger partial charge in [-0.1, -0.05) is 0 Å². The van der Waals surface area contributed by atoms with E-state index in [2.05, 4.69) is 20.1 Å². The van der Waals surface area contributed by atoms with Gasteiger partial charge in [-0.2, -0.15) is 20.1 Å². The molecule has 7 nitrogen and oxygen atoms in total. The molecule has 0 atom stereocenters. The van der Waals surface area contributed by atoms with Crippen LogP contribution in [-0.4, -0.2) is 31.8 Å². The zero-order chi connectivity index (χ0) is 14.7. The lowest BCUT2D eigenvalue weighted by Gasteiger charge is -2.06. The van der Waals surface area contributed by atoms with Gasteiger partial charge in [-0.25, -0.2) is 4.68 Å². The van der Waals surface area contributed by atoms with Crippen molar-refractivity contribution in [1.82, 2.24) is 24.7 Å². The summed E-state index contributed by atoms with van der Waals surface area (Å²) in [7, 11) is 1.60. The molecule has 2 aromatic heterocycles. The second-order valence-electron chi connectivity index (χ2n) is 3.92. The molecule has 0 fully saturated rings. The molecule has 8 heteroatoms. The summed E-state index contributed by atoms with van der Waals surface area (Å²) in [6, 6.07) is 8.86. The molecular formula is C13H10ClN5O2. The number of benzene rings is 1. The van der Waals surface area contributed by atoms with E-state index in [-0.39, 0.29) is 17.2 Å². The topological polar surface area (TPSA) is 75.0 Å². The van der Waals surface area contributed by atoms with Crippen molar-refractivity contribution < 1.29 is 9.47 Å². The van der Waals surface area contributed by atoms with Crippen LogP contribution in [0.5, 0.6) is 17.5 Å². The summed E-state index contributed by atoms with van der Waals surface area (Å²) >= 11 is 5.88. The van der Waals surface area contributed by atoms with Crippen molar-refractivity contribution in [2.75, 3.05) is 7.11 Å². The van der Waals surface area contributed by atoms with Crippen LogP contribution >= 0.6 is 11.6 Å². The number of methoxy groups -OCH3 is 1. The fraction of sp³-hybridized carbons (Fsp3) is 0.0769. The molecule has 0 amide bonds. The standard InChI is InChI=1S/C13H10ClN5O2/c1-20-9-3-5-10(6-4-9)21-13-17-11(14)16-12(18-13)19-8-2-7-15-19/h2-8H,1H3. The van der Waals surface area contributed by atoms with E-state index in [0.29, 0.717) is 5.75 Å². The first-order valence-electron chi connectivity index (χ1n) is 5.98. The second-order valence-corrected chi connectivity index (χ2v) is 4.25. The lowest BCUT2D eigenvalue weighted by atomic mass is 10.3. The molecule has 106 valence electrons. The summed E-state index contributed by atoms with van der Waals surface area (Å²) in [6.45, 7) is 0. The number of rotatable bonds is 4. The number of hydrogen-bond acceptors (Lipinski definition) is 6. The van der Waals surface area contributed by atoms with Crippen molar-refractivity contribution in [3.05, 3.63) is 48.0 Å². The van der Waals surface area contributed by atoms with Gasteiger partial charge in [0.1, 0.15) is 11.5 Å². The Kier molecular flexibility index (Phi) is 3.65. The van der Waals surface area contributed by atoms with E-state index in [4.69, 9.17) is 21.1 Å². The lowest BCUT2D eigenvalue weighted by molar-refractivity contribution is 0.410. The SMILES string of the molecule is COc1ccc(Oc2nc(Cl)nc(-n3cccn3)n2)cc1. The molecule has 0 N–H and O–H groups in total. The Morgan fingerprint density at radius 1 is 1.05 bits per heavy atom. The van der Waals surface area contributed by atoms with E-state index in [9.17, 15) is 0 Å². The molecule has 0 saturated carbocycles. The van der Waals surface area contributed by atoms with Gasteiger partial charge in [0.05, 0.1) is 7.11 Å². The highest BCUT2D eigenvalue weighted by Gasteiger charge is 2.09. The maximum absolute atomic E-state index is 5.88. The maximum atomic E-state index is 5.88. The average molecular weight is 304 g/mol. The zero-order valence-corrected chi connectivity index (χ0v) is 11.7. The Bertz CT molecular complexity index is 731. The van der Waals surface area contributed by atoms with E-state index in [1.54, 1.807) is 49.8 Å². The normalized spacial score (nSPS) is 10.4. The van der Waals surface area contributed by atoms with Gasteiger partial charge in [-0.15, -0.1) is 0 Å². The fourth-order valence-electron chi connectivity index (χ4n) is 1.61. The van der Waals surface area contributed by atoms with Crippen LogP contribution in [0.25, 0.3) is 5.95 Å². The molecule has 0 spiro atoms. The molecule has 1 aromatic carbocycles. The number of aromatic nitrogens is 5. The first-order valence-corrected chi connectivity index (χ1v) is 6.36. The summed E-state index contributed by atoms with van der Waals surface area (Å²) in [5, 5.41) is 4.06. The second kappa shape index (κ2) is 5.76. The van der Waals surface area contributed by atoms with E-state index >= 15 is 0 Å². The van der Waals surface area contributed by atoms with Gasteiger partial charge in [0.15, 0.2) is 0 Å². The van der Waals surface area contributed by atoms with Gasteiger partial charge in [-0.3, -0.25) is 0 Å². The first kappa shape index (κ1) is 13.3. The molecule has 0 bridgehead atoms. The fourth-order valence-corrected chi connectivity index (χ4v) is 1.75. The predicted molar refractivity (Wildman–Crippen MR) is 75.0 cm³/mol. The number of hydrogen-bond donors (Lipinski definition) is 0. The smallest absolute Gasteiger partial charge is 0.328 e. The van der Waals surface area contributed by atoms with E-state index < -0.39 is 0 Å². The summed E-state index contributed by atoms with van der Waals surface area (Å²) in [4.78, 5) is 12.1. The van der Waals surface area contributed by atoms with Crippen LogP contribution < -0.4 is 9.47 Å². The van der Waals surface area contributed by atoms with Gasteiger partial charge in [0, 0.05) is 12.4 Å². The number of ether oxygens (including phenoxy) is 2. The summed E-state index contributed by atoms with van der Waals surface area (Å²) in [5.74, 6) is 1.57. The van der Waals surface area contributed by atoms with Crippen molar-refractivity contribution in [1.29, 1.82) is 0 Å². The van der Waals surface area contributed by atoms with Gasteiger partial charge in [-0.05, 0) is 41.9 Å². The minimum Gasteiger partial charge on any atom is -0.497 e. The third kappa shape index (κ3) is 3.09. The average Bonchev–Trinajstić information content (AvgIpc) is 3.02. The summed E-state index contributed by atoms with van der Waals surface area (Å²) in [6.07, 6.45) is 3.31. The minimum atomic E-state index is 0.0269. The number of nitrogens with zero attached hydrogens (tertiary/aromatic N) is 5. The van der Waals surface area contributed by atoms with Crippen LogP contribution in [0.1, 0.15) is 0 Å². The third-order valence-electron chi connectivity index (χ3n) is 2.55. The molecule has 21 heavy (non-hydrogen) atoms. The molecule has 0 aliphatic rings. The van der Waals surface area contributed by atoms with Crippen LogP contribution in [0, 0.1) is 0 Å². The largest absolute Gasteiger partial charge is 0.497 e. The highest BCUT2D eigenvalue weighted by Crippen LogP contribution is 2.22. The summed E-state index contributed by atoms with van der Waals surface area (Å²) in [5.41, 5.74) is 0. The Hall–Kier alpha value is -2.67. The Labute approximate surface area is 125 Å². The Balaban J connectivity index is 1.88. The minimum absolute atomic E-state index is 0.0269. The first-order chi connectivity index (χ1) is 10.2. The molecular weight excluding hydrogens is 294 g/mol. The van der Waals surface area contributed by atoms with Crippen molar-refractivity contribution in [3.63, 3.8) is 0 Å². The monoisotopic (exact) mass is 303 g/mol. The third-order valence-corrected chi connectivity index (χ3v) is 2.72. The summed E-state index contributed by atoms with van der Waals surface area (Å²) < 4.78 is 12.1. The van der Waals surface area contributed by atoms with Crippen molar-refractivity contribution in [3.8, 4) is 23.5 Å². The van der Waals surface area contributed by atoms with Crippen LogP contribution in [0.3, 0.4) is 0 Å². The zero-order valence-electron chi connectivity index (χ0n) is 11.0. The van der Waals surface area contributed by atoms with E-state index in [1.807, 2.05) is 0 Å². The highest BCUT2D eigenvalue weighted by molar-refractivity contribution is 6.28. The Morgan fingerprint density at radius 2 is 1.81 bits per heavy atom. The molecule has 2 heterocycles. The van der Waals surface area contributed by atoms with Gasteiger partial charge >= 0.3 is 6.01 Å². The van der Waals surface area contributed by atoms with Gasteiger partial charge in [0.2, 0.25) is 5.28 Å². The molecule has 0 aliphatic heterocycles. The van der Waals surface area contributed by atoms with E-state index in [0.717, 1.165) is 5.75 Å². The molecule has 0 radical (unpaired) electrons. The predicted octanol–water partition coefficient (Wildman–Crippen LogP) is 2.51. The Morgan fingerprint density at radius 3 is 2.48 bits per heavy atom. The van der Waals surface area contributed by atoms with Crippen molar-refractivity contribution in [2.24, 2.45) is 0 Å². The van der Waals surface area contributed by atoms with Crippen molar-refractivity contribution in [2.45, 2.75) is 0 Å². The van der Waals surface area contributed by atoms with Gasteiger partial charge in [0.25, 0.3) is 5.95 Å². The highest BCUT2D eigenvalue weighted by atomic mass is 35.5. The van der Waals surface area contributed by atoms with Gasteiger partial charge < -0.3 is 9.47 Å². The molecule has 0 unspecified atom stereocenters. The van der Waals surface area contributed by atoms with Crippen LogP contribution in [-0.2, 0) is 0 Å². The number of halogens is 1. The molecule has 0 saturated heterocycles. The maximum Gasteiger partial charge on any atom is 0.328 e. The van der Waals surface area contributed by atoms with Crippen LogP contribution in [0.4, 0.5) is 0 Å². The molecule has 3 rings (SSSR count). The quantitative estimate of drug-likeness (QED) is 0.737. The molecule has 0 aliphatic carbocycles. The lowest BCUT2D eigenvalue weighted by Crippen LogP contribution is -2.05. The van der Waals surface area contributed by atoms with Crippen LogP contribution in [0.15, 0.2) is 42.7 Å². The van der Waals surface area contributed by atoms with Crippen LogP contribution in [0.2, 0.25) is 5.28 Å². The van der Waals surface area contributed by atoms with Crippen molar-refractivity contribution >= 4 is 11.6 Å².